The van der Waals surface area contributed by atoms with Crippen LogP contribution in [-0.2, 0) is 37.9 Å². The van der Waals surface area contributed by atoms with Gasteiger partial charge in [-0.3, -0.25) is 0 Å². The van der Waals surface area contributed by atoms with Crippen LogP contribution >= 0.6 is 0 Å². The third-order valence-corrected chi connectivity index (χ3v) is 33.9. The number of para-hydroxylation sites is 2. The first-order valence-corrected chi connectivity index (χ1v) is 50.2. The molecule has 0 unspecified atom stereocenters. The molecule has 0 aliphatic heterocycles. The van der Waals surface area contributed by atoms with Crippen LogP contribution in [0.25, 0.3) is 199 Å². The predicted molar refractivity (Wildman–Crippen MR) is 598 cm³/mol. The summed E-state index contributed by atoms with van der Waals surface area (Å²) in [6, 6.07) is 146. The Morgan fingerprint density at radius 2 is 0.538 bits per heavy atom. The Morgan fingerprint density at radius 1 is 0.189 bits per heavy atom. The van der Waals surface area contributed by atoms with E-state index in [1.165, 1.54) is 165 Å². The standard InChI is InChI=1S/C47H35N3O.C47H41N.C41H33N3/c1-46(2)36-21-12-19-34(40(36)33-27-26-29-25-24-28-14-8-9-17-31(28)39(29)42(33)47(46,3)4)44-48-43(30-15-6-5-7-16-30)49-45(50-44)35-20-13-23-38-41(35)32-18-10-11-22-37(32)51-38;1-45(2)40-19-13-12-18-36(40)37-26-23-33(28-41(37)45)48(32-15-8-7-9-16-32)34-24-27-38-39-25-22-31-21-20-30-14-10-11-17-35(30)43(31)44(39)47(5,6)46(3,4)42(38)29-34;1-40(2)34-24-22-30(39-43-37(28-14-7-5-8-15-28)42-38(44-39)29-16-9-6-10-17-29)25-33(34)32-23-21-27-20-19-26-13-11-12-18-31(26)35(27)36(32)41(40,3)4/h5-27H,1-4H3;7-29H,1-6H3;5-25H,1-4H3. The average molecular weight is 1850 g/mol. The van der Waals surface area contributed by atoms with Gasteiger partial charge in [-0.05, 0) is 224 Å². The van der Waals surface area contributed by atoms with Crippen molar-refractivity contribution in [3.63, 3.8) is 0 Å². The molecule has 0 amide bonds. The van der Waals surface area contributed by atoms with Crippen LogP contribution in [-0.4, -0.2) is 29.9 Å². The van der Waals surface area contributed by atoms with E-state index in [1.807, 2.05) is 84.9 Å². The van der Waals surface area contributed by atoms with Crippen molar-refractivity contribution < 1.29 is 4.42 Å². The monoisotopic (exact) mass is 1840 g/mol. The quantitative estimate of drug-likeness (QED) is 0.132. The Labute approximate surface area is 835 Å². The Morgan fingerprint density at radius 3 is 1.08 bits per heavy atom. The van der Waals surface area contributed by atoms with Gasteiger partial charge in [0.05, 0.1) is 0 Å². The number of furan rings is 1. The van der Waals surface area contributed by atoms with Gasteiger partial charge in [-0.15, -0.1) is 0 Å². The third kappa shape index (κ3) is 13.7. The minimum atomic E-state index is -0.212. The van der Waals surface area contributed by atoms with Crippen molar-refractivity contribution in [2.75, 3.05) is 4.90 Å². The lowest BCUT2D eigenvalue weighted by molar-refractivity contribution is 0.301. The van der Waals surface area contributed by atoms with Crippen LogP contribution in [0.5, 0.6) is 0 Å². The smallest absolute Gasteiger partial charge is 0.164 e. The molecule has 0 atom stereocenters. The lowest BCUT2D eigenvalue weighted by Crippen LogP contribution is -2.43. The molecule has 0 bridgehead atoms. The van der Waals surface area contributed by atoms with Crippen LogP contribution in [0.15, 0.2) is 411 Å². The summed E-state index contributed by atoms with van der Waals surface area (Å²) in [5.41, 5.74) is 31.4. The van der Waals surface area contributed by atoms with Gasteiger partial charge in [0.25, 0.3) is 0 Å². The molecular weight excluding hydrogens is 1740 g/mol. The second-order valence-electron chi connectivity index (χ2n) is 43.1. The summed E-state index contributed by atoms with van der Waals surface area (Å²) < 4.78 is 6.29. The summed E-state index contributed by atoms with van der Waals surface area (Å²) in [6.07, 6.45) is 0. The maximum absolute atomic E-state index is 6.29. The second-order valence-corrected chi connectivity index (χ2v) is 43.1. The molecule has 27 rings (SSSR count). The van der Waals surface area contributed by atoms with Crippen LogP contribution in [0.4, 0.5) is 17.1 Å². The van der Waals surface area contributed by atoms with Crippen molar-refractivity contribution in [3.8, 4) is 113 Å². The van der Waals surface area contributed by atoms with Crippen LogP contribution in [0, 0.1) is 0 Å². The van der Waals surface area contributed by atoms with Crippen LogP contribution in [0.1, 0.15) is 141 Å². The molecule has 690 valence electrons. The fraction of sp³-hybridized carbons (Fsp3) is 0.156. The molecular formula is C135H109N7O. The fourth-order valence-electron chi connectivity index (χ4n) is 24.4. The molecule has 20 aromatic carbocycles. The molecule has 0 saturated heterocycles. The molecule has 0 spiro atoms. The Hall–Kier alpha value is -16.4. The average Bonchev–Trinajstić information content (AvgIpc) is 1.38. The van der Waals surface area contributed by atoms with Gasteiger partial charge in [-0.25, -0.2) is 29.9 Å². The lowest BCUT2D eigenvalue weighted by Gasteiger charge is -2.49. The Kier molecular flexibility index (Phi) is 20.2. The number of aromatic nitrogens is 6. The zero-order valence-corrected chi connectivity index (χ0v) is 83.2. The summed E-state index contributed by atoms with van der Waals surface area (Å²) in [7, 11) is 0. The highest BCUT2D eigenvalue weighted by atomic mass is 16.3. The van der Waals surface area contributed by atoms with E-state index < -0.39 is 0 Å². The number of hydrogen-bond donors (Lipinski definition) is 0. The van der Waals surface area contributed by atoms with Gasteiger partial charge in [0.2, 0.25) is 0 Å². The van der Waals surface area contributed by atoms with Crippen molar-refractivity contribution in [1.29, 1.82) is 0 Å². The van der Waals surface area contributed by atoms with Gasteiger partial charge in [0.15, 0.2) is 34.9 Å². The third-order valence-electron chi connectivity index (χ3n) is 33.9. The van der Waals surface area contributed by atoms with E-state index in [9.17, 15) is 0 Å². The van der Waals surface area contributed by atoms with Gasteiger partial charge in [-0.1, -0.05) is 449 Å². The summed E-state index contributed by atoms with van der Waals surface area (Å²) in [4.78, 5) is 33.2. The summed E-state index contributed by atoms with van der Waals surface area (Å²) in [5.74, 6) is 3.93. The van der Waals surface area contributed by atoms with Gasteiger partial charge in [0, 0.05) is 82.9 Å². The highest BCUT2D eigenvalue weighted by Crippen LogP contribution is 2.63. The van der Waals surface area contributed by atoms with Gasteiger partial charge >= 0.3 is 0 Å². The van der Waals surface area contributed by atoms with E-state index in [4.69, 9.17) is 34.3 Å². The Bertz CT molecular complexity index is 9120. The fourth-order valence-corrected chi connectivity index (χ4v) is 24.4. The highest BCUT2D eigenvalue weighted by Gasteiger charge is 2.51. The van der Waals surface area contributed by atoms with Gasteiger partial charge < -0.3 is 9.32 Å². The number of benzene rings is 20. The SMILES string of the molecule is CC1(C)c2ccc(-c3nc(-c4ccccc4)nc(-c4ccccc4)n3)cc2-c2ccc3ccc4ccccc4c3c2C1(C)C.CC1(C)c2cccc(-c3nc(-c4ccccc4)nc(-c4cccc5oc6ccccc6c45)n3)c2-c2ccc3ccc4ccccc4c3c2C1(C)C.CC1(C)c2ccccc2-c2ccc(N(c3ccccc3)c3ccc4c(c3)C(C)(C)C(C)(C)c3c-4ccc4ccc5ccccc5c34)cc21. The molecule has 0 N–H and O–H groups in total. The van der Waals surface area contributed by atoms with Crippen molar-refractivity contribution in [1.82, 2.24) is 29.9 Å². The summed E-state index contributed by atoms with van der Waals surface area (Å²) in [5, 5.41) is 17.7. The first-order valence-electron chi connectivity index (χ1n) is 50.2. The second kappa shape index (κ2) is 32.8. The van der Waals surface area contributed by atoms with E-state index in [0.717, 1.165) is 61.0 Å². The molecule has 0 radical (unpaired) electrons. The largest absolute Gasteiger partial charge is 0.456 e. The normalized spacial score (nSPS) is 15.2. The van der Waals surface area contributed by atoms with Crippen molar-refractivity contribution in [2.45, 2.75) is 135 Å². The first kappa shape index (κ1) is 88.0. The van der Waals surface area contributed by atoms with E-state index in [1.54, 1.807) is 0 Å². The maximum atomic E-state index is 6.29. The van der Waals surface area contributed by atoms with Crippen LogP contribution in [0.2, 0.25) is 0 Å². The number of anilines is 3. The summed E-state index contributed by atoms with van der Waals surface area (Å²) in [6.45, 7) is 33.7. The molecule has 8 nitrogen and oxygen atoms in total. The molecule has 0 fully saturated rings. The zero-order valence-electron chi connectivity index (χ0n) is 83.2. The number of fused-ring (bicyclic) bond motifs is 27. The van der Waals surface area contributed by atoms with E-state index in [-0.39, 0.29) is 37.9 Å². The Balaban J connectivity index is 0.000000113. The van der Waals surface area contributed by atoms with Crippen molar-refractivity contribution in [3.05, 3.63) is 451 Å². The molecule has 4 aliphatic carbocycles. The van der Waals surface area contributed by atoms with Gasteiger partial charge in [-0.2, -0.15) is 0 Å². The first-order chi connectivity index (χ1) is 69.2. The van der Waals surface area contributed by atoms with Crippen LogP contribution < -0.4 is 4.90 Å². The molecule has 0 saturated carbocycles. The van der Waals surface area contributed by atoms with E-state index in [2.05, 4.69) is 423 Å². The zero-order chi connectivity index (χ0) is 97.5. The minimum absolute atomic E-state index is 0.0666. The predicted octanol–water partition coefficient (Wildman–Crippen LogP) is 35.7. The van der Waals surface area contributed by atoms with E-state index >= 15 is 0 Å². The molecule has 23 aromatic rings. The highest BCUT2D eigenvalue weighted by molar-refractivity contribution is 6.17. The number of rotatable bonds is 9. The lowest BCUT2D eigenvalue weighted by atomic mass is 9.54. The molecule has 8 heteroatoms. The molecule has 4 aliphatic rings. The number of hydrogen-bond acceptors (Lipinski definition) is 8. The molecule has 3 heterocycles. The molecule has 143 heavy (non-hydrogen) atoms. The van der Waals surface area contributed by atoms with Crippen molar-refractivity contribution >= 4 is 104 Å². The maximum Gasteiger partial charge on any atom is 0.164 e. The van der Waals surface area contributed by atoms with Gasteiger partial charge in [0.1, 0.15) is 11.2 Å². The van der Waals surface area contributed by atoms with Crippen LogP contribution in [0.3, 0.4) is 0 Å². The molecule has 3 aromatic heterocycles. The number of nitrogens with zero attached hydrogens (tertiary/aromatic N) is 7. The van der Waals surface area contributed by atoms with E-state index in [0.29, 0.717) is 34.9 Å². The minimum Gasteiger partial charge on any atom is -0.456 e. The van der Waals surface area contributed by atoms with Crippen molar-refractivity contribution in [2.24, 2.45) is 0 Å². The summed E-state index contributed by atoms with van der Waals surface area (Å²) >= 11 is 0. The topological polar surface area (TPSA) is 93.7 Å².